The van der Waals surface area contributed by atoms with Gasteiger partial charge in [0.1, 0.15) is 5.75 Å². The van der Waals surface area contributed by atoms with Gasteiger partial charge in [0.2, 0.25) is 0 Å². The van der Waals surface area contributed by atoms with Crippen molar-refractivity contribution in [3.05, 3.63) is 51.0 Å². The van der Waals surface area contributed by atoms with Crippen LogP contribution in [0.3, 0.4) is 0 Å². The standard InChI is InChI=1S/C21H24BrClN2O4/c1-6-28-19-16(22)10-14(11-18(19)27-5)12-24-25-20(26)21(3,4)29-15-7-8-17(23)13(2)9-15/h7-12H,6H2,1-5H3,(H,25,26)/b24-12+. The van der Waals surface area contributed by atoms with Crippen molar-refractivity contribution in [3.8, 4) is 17.2 Å². The van der Waals surface area contributed by atoms with Crippen LogP contribution in [0.5, 0.6) is 17.2 Å². The average molecular weight is 484 g/mol. The molecule has 29 heavy (non-hydrogen) atoms. The fraction of sp³-hybridized carbons (Fsp3) is 0.333. The van der Waals surface area contributed by atoms with Crippen molar-refractivity contribution in [2.24, 2.45) is 5.10 Å². The maximum absolute atomic E-state index is 12.5. The summed E-state index contributed by atoms with van der Waals surface area (Å²) in [5.74, 6) is 1.34. The van der Waals surface area contributed by atoms with Crippen molar-refractivity contribution in [3.63, 3.8) is 0 Å². The minimum absolute atomic E-state index is 0.390. The number of ether oxygens (including phenoxy) is 3. The first-order valence-corrected chi connectivity index (χ1v) is 10.1. The Labute approximate surface area is 184 Å². The van der Waals surface area contributed by atoms with Crippen LogP contribution in [0.15, 0.2) is 39.9 Å². The molecule has 156 valence electrons. The zero-order valence-electron chi connectivity index (χ0n) is 17.0. The highest BCUT2D eigenvalue weighted by Crippen LogP contribution is 2.36. The molecular formula is C21H24BrClN2O4. The highest BCUT2D eigenvalue weighted by atomic mass is 79.9. The molecule has 6 nitrogen and oxygen atoms in total. The van der Waals surface area contributed by atoms with Gasteiger partial charge in [-0.1, -0.05) is 11.6 Å². The first kappa shape index (κ1) is 23.0. The second-order valence-corrected chi connectivity index (χ2v) is 7.95. The van der Waals surface area contributed by atoms with Crippen LogP contribution in [0.25, 0.3) is 0 Å². The fourth-order valence-corrected chi connectivity index (χ4v) is 3.11. The molecule has 0 aromatic heterocycles. The van der Waals surface area contributed by atoms with Gasteiger partial charge in [0.15, 0.2) is 17.1 Å². The molecule has 0 atom stereocenters. The Kier molecular flexibility index (Phi) is 7.93. The van der Waals surface area contributed by atoms with Gasteiger partial charge in [-0.2, -0.15) is 5.10 Å². The minimum Gasteiger partial charge on any atom is -0.493 e. The van der Waals surface area contributed by atoms with Crippen LogP contribution in [-0.2, 0) is 4.79 Å². The number of benzene rings is 2. The van der Waals surface area contributed by atoms with Crippen LogP contribution >= 0.6 is 27.5 Å². The van der Waals surface area contributed by atoms with E-state index >= 15 is 0 Å². The predicted molar refractivity (Wildman–Crippen MR) is 118 cm³/mol. The van der Waals surface area contributed by atoms with Gasteiger partial charge in [-0.3, -0.25) is 4.79 Å². The number of nitrogens with one attached hydrogen (secondary N) is 1. The number of carbonyl (C=O) groups excluding carboxylic acids is 1. The number of hydrazone groups is 1. The summed E-state index contributed by atoms with van der Waals surface area (Å²) in [6.45, 7) is 7.61. The van der Waals surface area contributed by atoms with Crippen LogP contribution in [0, 0.1) is 6.92 Å². The van der Waals surface area contributed by atoms with Crippen LogP contribution in [0.4, 0.5) is 0 Å². The van der Waals surface area contributed by atoms with Gasteiger partial charge in [0.25, 0.3) is 5.91 Å². The van der Waals surface area contributed by atoms with E-state index in [2.05, 4.69) is 26.5 Å². The third kappa shape index (κ3) is 6.11. The monoisotopic (exact) mass is 482 g/mol. The molecular weight excluding hydrogens is 460 g/mol. The Morgan fingerprint density at radius 3 is 2.66 bits per heavy atom. The molecule has 0 fully saturated rings. The number of amides is 1. The van der Waals surface area contributed by atoms with E-state index in [1.54, 1.807) is 45.2 Å². The lowest BCUT2D eigenvalue weighted by Gasteiger charge is -2.24. The Morgan fingerprint density at radius 2 is 2.03 bits per heavy atom. The first-order valence-electron chi connectivity index (χ1n) is 8.97. The van der Waals surface area contributed by atoms with E-state index in [9.17, 15) is 4.79 Å². The van der Waals surface area contributed by atoms with E-state index in [0.717, 1.165) is 15.6 Å². The molecule has 2 aromatic rings. The lowest BCUT2D eigenvalue weighted by Crippen LogP contribution is -2.44. The molecule has 0 heterocycles. The molecule has 2 rings (SSSR count). The van der Waals surface area contributed by atoms with Crippen LogP contribution in [0.1, 0.15) is 31.9 Å². The van der Waals surface area contributed by atoms with E-state index in [0.29, 0.717) is 28.9 Å². The number of hydrogen-bond acceptors (Lipinski definition) is 5. The number of nitrogens with zero attached hydrogens (tertiary/aromatic N) is 1. The molecule has 0 bridgehead atoms. The van der Waals surface area contributed by atoms with Crippen LogP contribution < -0.4 is 19.6 Å². The quantitative estimate of drug-likeness (QED) is 0.418. The fourth-order valence-electron chi connectivity index (χ4n) is 2.42. The van der Waals surface area contributed by atoms with Crippen molar-refractivity contribution in [1.29, 1.82) is 0 Å². The van der Waals surface area contributed by atoms with E-state index in [4.69, 9.17) is 25.8 Å². The predicted octanol–water partition coefficient (Wildman–Crippen LogP) is 5.13. The van der Waals surface area contributed by atoms with Gasteiger partial charge < -0.3 is 14.2 Å². The summed E-state index contributed by atoms with van der Waals surface area (Å²) in [6.07, 6.45) is 1.52. The van der Waals surface area contributed by atoms with Crippen LogP contribution in [0.2, 0.25) is 5.02 Å². The molecule has 8 heteroatoms. The first-order chi connectivity index (χ1) is 13.7. The summed E-state index contributed by atoms with van der Waals surface area (Å²) in [4.78, 5) is 12.5. The summed E-state index contributed by atoms with van der Waals surface area (Å²) in [7, 11) is 1.56. The molecule has 1 N–H and O–H groups in total. The number of hydrogen-bond donors (Lipinski definition) is 1. The van der Waals surface area contributed by atoms with E-state index < -0.39 is 11.5 Å². The molecule has 0 saturated heterocycles. The van der Waals surface area contributed by atoms with Crippen molar-refractivity contribution >= 4 is 39.7 Å². The molecule has 1 amide bonds. The van der Waals surface area contributed by atoms with Gasteiger partial charge >= 0.3 is 0 Å². The number of methoxy groups -OCH3 is 1. The summed E-state index contributed by atoms with van der Waals surface area (Å²) in [5.41, 5.74) is 2.97. The van der Waals surface area contributed by atoms with Crippen LogP contribution in [-0.4, -0.2) is 31.4 Å². The third-order valence-electron chi connectivity index (χ3n) is 3.97. The lowest BCUT2D eigenvalue weighted by molar-refractivity contribution is -0.134. The number of aryl methyl sites for hydroxylation is 1. The second kappa shape index (κ2) is 9.98. The maximum Gasteiger partial charge on any atom is 0.283 e. The normalized spacial score (nSPS) is 11.4. The summed E-state index contributed by atoms with van der Waals surface area (Å²) in [5, 5.41) is 4.67. The molecule has 0 aliphatic carbocycles. The van der Waals surface area contributed by atoms with Gasteiger partial charge in [-0.25, -0.2) is 5.43 Å². The highest BCUT2D eigenvalue weighted by Gasteiger charge is 2.30. The second-order valence-electron chi connectivity index (χ2n) is 6.69. The Bertz CT molecular complexity index is 916. The summed E-state index contributed by atoms with van der Waals surface area (Å²) in [6, 6.07) is 8.82. The largest absolute Gasteiger partial charge is 0.493 e. The molecule has 2 aromatic carbocycles. The zero-order chi connectivity index (χ0) is 21.6. The molecule has 0 aliphatic heterocycles. The van der Waals surface area contributed by atoms with Gasteiger partial charge in [0.05, 0.1) is 24.4 Å². The molecule has 0 radical (unpaired) electrons. The Hall–Kier alpha value is -2.25. The van der Waals surface area contributed by atoms with Gasteiger partial charge in [-0.15, -0.1) is 0 Å². The third-order valence-corrected chi connectivity index (χ3v) is 4.98. The van der Waals surface area contributed by atoms with Crippen molar-refractivity contribution in [2.75, 3.05) is 13.7 Å². The average Bonchev–Trinajstić information content (AvgIpc) is 2.66. The van der Waals surface area contributed by atoms with Crippen molar-refractivity contribution in [2.45, 2.75) is 33.3 Å². The van der Waals surface area contributed by atoms with Gasteiger partial charge in [0, 0.05) is 5.02 Å². The number of carbonyl (C=O) groups is 1. The Morgan fingerprint density at radius 1 is 1.31 bits per heavy atom. The minimum atomic E-state index is -1.13. The van der Waals surface area contributed by atoms with E-state index in [1.165, 1.54) is 6.21 Å². The zero-order valence-corrected chi connectivity index (χ0v) is 19.3. The smallest absolute Gasteiger partial charge is 0.283 e. The van der Waals surface area contributed by atoms with Gasteiger partial charge in [-0.05, 0) is 85.1 Å². The Balaban J connectivity index is 2.07. The summed E-state index contributed by atoms with van der Waals surface area (Å²) < 4.78 is 17.5. The highest BCUT2D eigenvalue weighted by molar-refractivity contribution is 9.10. The topological polar surface area (TPSA) is 69.2 Å². The molecule has 0 aliphatic rings. The molecule has 0 saturated carbocycles. The molecule has 0 spiro atoms. The van der Waals surface area contributed by atoms with E-state index in [-0.39, 0.29) is 0 Å². The van der Waals surface area contributed by atoms with Crippen molar-refractivity contribution in [1.82, 2.24) is 5.43 Å². The van der Waals surface area contributed by atoms with Crippen molar-refractivity contribution < 1.29 is 19.0 Å². The van der Waals surface area contributed by atoms with E-state index in [1.807, 2.05) is 19.9 Å². The lowest BCUT2D eigenvalue weighted by atomic mass is 10.1. The SMILES string of the molecule is CCOc1c(Br)cc(/C=N/NC(=O)C(C)(C)Oc2ccc(Cl)c(C)c2)cc1OC. The molecule has 0 unspecified atom stereocenters. The number of rotatable bonds is 8. The summed E-state index contributed by atoms with van der Waals surface area (Å²) >= 11 is 9.48. The maximum atomic E-state index is 12.5. The number of halogens is 2.